The third-order valence-corrected chi connectivity index (χ3v) is 3.54. The first-order valence-electron chi connectivity index (χ1n) is 8.27. The molecule has 36 heavy (non-hydrogen) atoms. The van der Waals surface area contributed by atoms with E-state index in [-0.39, 0.29) is 100.0 Å². The van der Waals surface area contributed by atoms with E-state index >= 15 is 0 Å². The zero-order valence-electron chi connectivity index (χ0n) is 18.4. The molecule has 2 aromatic rings. The Hall–Kier alpha value is -0.932. The van der Waals surface area contributed by atoms with Crippen molar-refractivity contribution in [1.82, 2.24) is 12.3 Å². The third kappa shape index (κ3) is 16.7. The molecule has 9 heteroatoms. The molecular weight excluding hydrogens is 724 g/mol. The molecule has 2 aromatic carbocycles. The van der Waals surface area contributed by atoms with Crippen molar-refractivity contribution < 1.29 is 82.5 Å². The summed E-state index contributed by atoms with van der Waals surface area (Å²) in [6, 6.07) is 14.8. The summed E-state index contributed by atoms with van der Waals surface area (Å²) < 4.78 is 19.9. The first-order chi connectivity index (χ1) is 14.0. The van der Waals surface area contributed by atoms with Gasteiger partial charge in [-0.05, 0) is 12.1 Å². The maximum absolute atomic E-state index is 11.0. The van der Waals surface area contributed by atoms with Crippen LogP contribution < -0.4 is 21.8 Å². The monoisotopic (exact) mass is 762 g/mol. The summed E-state index contributed by atoms with van der Waals surface area (Å²) in [6.07, 6.45) is 5.74. The van der Waals surface area contributed by atoms with Crippen molar-refractivity contribution in [3.63, 3.8) is 0 Å². The zero-order chi connectivity index (χ0) is 21.8. The van der Waals surface area contributed by atoms with E-state index < -0.39 is 5.97 Å². The summed E-state index contributed by atoms with van der Waals surface area (Å²) in [5.74, 6) is 1.42. The molecule has 3 rings (SSSR count). The smallest absolute Gasteiger partial charge is 0.334 e. The number of fused-ring (bicyclic) bond motifs is 1. The van der Waals surface area contributed by atoms with Gasteiger partial charge in [-0.3, -0.25) is 0 Å². The molecule has 1 heterocycles. The van der Waals surface area contributed by atoms with Crippen LogP contribution in [0.2, 0.25) is 0 Å². The van der Waals surface area contributed by atoms with Gasteiger partial charge in [0.15, 0.2) is 23.2 Å². The Bertz CT molecular complexity index is 968. The van der Waals surface area contributed by atoms with E-state index in [1.807, 2.05) is 30.3 Å². The van der Waals surface area contributed by atoms with Crippen molar-refractivity contribution in [2.24, 2.45) is 0 Å². The Morgan fingerprint density at radius 2 is 1.50 bits per heavy atom. The Kier molecular flexibility index (Phi) is 41.1. The van der Waals surface area contributed by atoms with Crippen LogP contribution in [0.1, 0.15) is 33.4 Å². The van der Waals surface area contributed by atoms with E-state index in [4.69, 9.17) is 9.47 Å². The molecule has 2 radical (unpaired) electrons. The summed E-state index contributed by atoms with van der Waals surface area (Å²) >= 11 is 0.650. The van der Waals surface area contributed by atoms with Gasteiger partial charge in [-0.15, -0.1) is 18.2 Å². The molecule has 0 saturated heterocycles. The van der Waals surface area contributed by atoms with Crippen LogP contribution in [0.15, 0.2) is 92.8 Å². The second-order valence-corrected chi connectivity index (χ2v) is 5.50. The first-order valence-corrected chi connectivity index (χ1v) is 9.09. The number of ether oxygens (including phenoxy) is 2. The zero-order valence-corrected chi connectivity index (χ0v) is 26.2. The fourth-order valence-corrected chi connectivity index (χ4v) is 2.26. The van der Waals surface area contributed by atoms with Gasteiger partial charge in [-0.2, -0.15) is 28.5 Å². The van der Waals surface area contributed by atoms with Crippen LogP contribution in [0.5, 0.6) is 11.5 Å². The number of allylic oxidation sites excluding steroid dienone is 4. The van der Waals surface area contributed by atoms with Gasteiger partial charge >= 0.3 is 5.97 Å². The van der Waals surface area contributed by atoms with E-state index in [9.17, 15) is 7.65 Å². The van der Waals surface area contributed by atoms with E-state index in [0.717, 1.165) is 28.5 Å². The summed E-state index contributed by atoms with van der Waals surface area (Å²) in [6.45, 7) is 18.2. The molecule has 0 saturated carbocycles. The average molecular weight is 762 g/mol. The van der Waals surface area contributed by atoms with Crippen LogP contribution in [-0.4, -0.2) is 5.97 Å². The number of esters is 1. The van der Waals surface area contributed by atoms with Gasteiger partial charge in [0.05, 0.1) is 11.5 Å². The molecule has 196 valence electrons. The van der Waals surface area contributed by atoms with Gasteiger partial charge in [-0.1, -0.05) is 82.5 Å². The molecule has 0 amide bonds. The van der Waals surface area contributed by atoms with Crippen LogP contribution in [-0.2, 0) is 70.2 Å². The minimum Gasteiger partial charge on any atom is -0.486 e. The van der Waals surface area contributed by atoms with Crippen LogP contribution in [0.4, 0.5) is 2.86 Å². The van der Waals surface area contributed by atoms with Crippen LogP contribution >= 0.6 is 23.2 Å². The van der Waals surface area contributed by atoms with Crippen molar-refractivity contribution in [2.75, 3.05) is 0 Å². The molecule has 0 spiro atoms. The first kappa shape index (κ1) is 51.7. The fourth-order valence-electron chi connectivity index (χ4n) is 2.26. The molecule has 0 unspecified atom stereocenters. The Balaban J connectivity index is -0.0000000739. The van der Waals surface area contributed by atoms with Crippen LogP contribution in [0.25, 0.3) is 11.1 Å². The van der Waals surface area contributed by atoms with E-state index in [0.29, 0.717) is 40.2 Å². The molecule has 0 aliphatic carbocycles. The number of carbonyl (C=O) groups excluding carboxylic acids is 1. The van der Waals surface area contributed by atoms with Crippen molar-refractivity contribution in [3.8, 4) is 11.5 Å². The number of carbonyl (C=O) groups is 1. The van der Waals surface area contributed by atoms with Gasteiger partial charge in [0.2, 0.25) is 0 Å². The van der Waals surface area contributed by atoms with Crippen molar-refractivity contribution in [1.29, 1.82) is 0 Å². The predicted molar refractivity (Wildman–Crippen MR) is 155 cm³/mol. The van der Waals surface area contributed by atoms with E-state index in [1.165, 1.54) is 0 Å². The van der Waals surface area contributed by atoms with Gasteiger partial charge in [0.1, 0.15) is 0 Å². The number of hydrogen-bond acceptors (Lipinski definition) is 5. The van der Waals surface area contributed by atoms with E-state index in [1.54, 1.807) is 24.3 Å². The molecule has 5 nitrogen and oxygen atoms in total. The average Bonchev–Trinajstić information content (AvgIpc) is 2.75. The standard InChI is InChI=1S/C12H11O2.C12H9O.3CH4.FI.2H3N.2Y/c1-4-12(13)14-11-8-6-5-7-10(11)9(2)3;1-3-10-8-9(2)11-6-4-5-7-12(11)13-10;;;;1-2;;;;/h4-8H,1-3H2;3-7H,1-2H2;3*1H4;;2*1H3;;/q2*-1;;;;;;;;. The molecular formula is C27H38FIN2O3Y2-2. The third-order valence-electron chi connectivity index (χ3n) is 3.54. The second-order valence-electron chi connectivity index (χ2n) is 5.50. The molecule has 6 N–H and O–H groups in total. The molecule has 0 bridgehead atoms. The van der Waals surface area contributed by atoms with Gasteiger partial charge < -0.3 is 21.8 Å². The van der Waals surface area contributed by atoms with E-state index in [2.05, 4.69) is 39.3 Å². The number of hydrogen-bond donors (Lipinski definition) is 2. The summed E-state index contributed by atoms with van der Waals surface area (Å²) in [4.78, 5) is 11.0. The number of para-hydroxylation sites is 2. The molecule has 1 aliphatic heterocycles. The SMILES string of the molecule is C.C.C.C=CC(=O)Oc1ccccc1C(=C)[CH2-].C=CC1=[C-]C(=C)c2ccccc2O1.FI.N.N.[Y].[Y]. The van der Waals surface area contributed by atoms with Crippen molar-refractivity contribution in [3.05, 3.63) is 117 Å². The maximum Gasteiger partial charge on any atom is 0.334 e. The van der Waals surface area contributed by atoms with Gasteiger partial charge in [-0.25, -0.2) is 4.79 Å². The Morgan fingerprint density at radius 3 is 2.00 bits per heavy atom. The fraction of sp³-hybridized carbons (Fsp3) is 0.111. The van der Waals surface area contributed by atoms with Crippen LogP contribution in [0, 0.1) is 13.0 Å². The molecule has 1 aliphatic rings. The molecule has 0 fully saturated rings. The largest absolute Gasteiger partial charge is 0.486 e. The normalized spacial score (nSPS) is 8.83. The molecule has 0 aromatic heterocycles. The number of benzene rings is 2. The summed E-state index contributed by atoms with van der Waals surface area (Å²) in [5.41, 5.74) is 3.17. The summed E-state index contributed by atoms with van der Waals surface area (Å²) in [5, 5.41) is 0. The topological polar surface area (TPSA) is 106 Å². The Morgan fingerprint density at radius 1 is 1.00 bits per heavy atom. The Labute approximate surface area is 282 Å². The predicted octanol–water partition coefficient (Wildman–Crippen LogP) is 9.12. The minimum absolute atomic E-state index is 0. The maximum atomic E-state index is 11.0. The minimum atomic E-state index is -0.487. The van der Waals surface area contributed by atoms with Crippen molar-refractivity contribution >= 4 is 40.3 Å². The summed E-state index contributed by atoms with van der Waals surface area (Å²) in [7, 11) is 0. The van der Waals surface area contributed by atoms with Gasteiger partial charge in [0.25, 0.3) is 0 Å². The quantitative estimate of drug-likeness (QED) is 0.106. The van der Waals surface area contributed by atoms with Gasteiger partial charge in [0, 0.05) is 77.3 Å². The molecule has 0 atom stereocenters. The van der Waals surface area contributed by atoms with Crippen LogP contribution in [0.3, 0.4) is 0 Å². The number of rotatable bonds is 4. The second kappa shape index (κ2) is 28.6. The van der Waals surface area contributed by atoms with Crippen molar-refractivity contribution in [2.45, 2.75) is 22.3 Å². The number of halogens is 2.